The van der Waals surface area contributed by atoms with Gasteiger partial charge in [-0.05, 0) is 6.92 Å². The number of hydrogen-bond acceptors (Lipinski definition) is 3. The van der Waals surface area contributed by atoms with Crippen LogP contribution in [0.3, 0.4) is 0 Å². The van der Waals surface area contributed by atoms with Crippen molar-refractivity contribution in [2.75, 3.05) is 0 Å². The normalized spacial score (nSPS) is 18.1. The van der Waals surface area contributed by atoms with Crippen molar-refractivity contribution in [1.82, 2.24) is 5.32 Å². The van der Waals surface area contributed by atoms with E-state index in [1.54, 1.807) is 12.5 Å². The zero-order valence-corrected chi connectivity index (χ0v) is 5.96. The molecule has 0 saturated carbocycles. The van der Waals surface area contributed by atoms with Gasteiger partial charge in [0.25, 0.3) is 0 Å². The van der Waals surface area contributed by atoms with E-state index in [0.29, 0.717) is 0 Å². The highest BCUT2D eigenvalue weighted by molar-refractivity contribution is 5.58. The fourth-order valence-corrected chi connectivity index (χ4v) is 0.663. The Morgan fingerprint density at radius 3 is 3.30 bits per heavy atom. The van der Waals surface area contributed by atoms with E-state index in [4.69, 9.17) is 5.73 Å². The topological polar surface area (TPSA) is 50.4 Å². The van der Waals surface area contributed by atoms with Crippen LogP contribution in [0.25, 0.3) is 0 Å². The number of nitrogens with one attached hydrogen (secondary N) is 1. The van der Waals surface area contributed by atoms with E-state index in [9.17, 15) is 0 Å². The molecule has 0 atom stereocenters. The summed E-state index contributed by atoms with van der Waals surface area (Å²) in [6.45, 7) is 1.93. The first-order valence-electron chi connectivity index (χ1n) is 3.19. The quantitative estimate of drug-likeness (QED) is 0.516. The zero-order chi connectivity index (χ0) is 7.40. The van der Waals surface area contributed by atoms with E-state index in [0.717, 1.165) is 17.8 Å². The second-order valence-corrected chi connectivity index (χ2v) is 2.16. The van der Waals surface area contributed by atoms with Crippen LogP contribution in [0.1, 0.15) is 13.3 Å². The smallest absolute Gasteiger partial charge is 0.0920 e. The molecule has 0 aromatic heterocycles. The monoisotopic (exact) mass is 137 g/mol. The van der Waals surface area contributed by atoms with Crippen LogP contribution in [0.2, 0.25) is 0 Å². The van der Waals surface area contributed by atoms with Crippen molar-refractivity contribution in [2.45, 2.75) is 13.3 Å². The van der Waals surface area contributed by atoms with Crippen molar-refractivity contribution >= 4 is 6.34 Å². The van der Waals surface area contributed by atoms with Gasteiger partial charge in [0.1, 0.15) is 0 Å². The van der Waals surface area contributed by atoms with Gasteiger partial charge in [0.2, 0.25) is 0 Å². The van der Waals surface area contributed by atoms with Gasteiger partial charge < -0.3 is 11.1 Å². The molecular formula is C7H11N3. The van der Waals surface area contributed by atoms with Gasteiger partial charge in [0, 0.05) is 24.0 Å². The molecule has 0 amide bonds. The molecule has 3 nitrogen and oxygen atoms in total. The lowest BCUT2D eigenvalue weighted by molar-refractivity contribution is 1.00. The number of rotatable bonds is 0. The van der Waals surface area contributed by atoms with Gasteiger partial charge >= 0.3 is 0 Å². The molecule has 1 aliphatic rings. The molecule has 0 radical (unpaired) electrons. The molecule has 1 heterocycles. The summed E-state index contributed by atoms with van der Waals surface area (Å²) in [5, 5.41) is 2.95. The summed E-state index contributed by atoms with van der Waals surface area (Å²) < 4.78 is 0. The van der Waals surface area contributed by atoms with Crippen molar-refractivity contribution in [3.63, 3.8) is 0 Å². The van der Waals surface area contributed by atoms with Gasteiger partial charge in [-0.25, -0.2) is 4.99 Å². The number of nitrogens with two attached hydrogens (primary N) is 1. The first-order valence-corrected chi connectivity index (χ1v) is 3.19. The fraction of sp³-hybridized carbons (Fsp3) is 0.286. The van der Waals surface area contributed by atoms with Gasteiger partial charge in [-0.2, -0.15) is 0 Å². The van der Waals surface area contributed by atoms with Crippen LogP contribution < -0.4 is 11.1 Å². The van der Waals surface area contributed by atoms with Crippen LogP contribution in [-0.4, -0.2) is 6.34 Å². The minimum absolute atomic E-state index is 0.774. The zero-order valence-electron chi connectivity index (χ0n) is 5.96. The Morgan fingerprint density at radius 1 is 1.70 bits per heavy atom. The maximum Gasteiger partial charge on any atom is 0.0920 e. The van der Waals surface area contributed by atoms with Crippen LogP contribution in [0, 0.1) is 0 Å². The van der Waals surface area contributed by atoms with E-state index >= 15 is 0 Å². The van der Waals surface area contributed by atoms with Crippen molar-refractivity contribution < 1.29 is 0 Å². The summed E-state index contributed by atoms with van der Waals surface area (Å²) in [7, 11) is 0. The Kier molecular flexibility index (Phi) is 2.10. The Balaban J connectivity index is 2.77. The minimum Gasteiger partial charge on any atom is -0.400 e. The molecule has 0 aliphatic carbocycles. The third-order valence-corrected chi connectivity index (χ3v) is 1.37. The van der Waals surface area contributed by atoms with E-state index in [2.05, 4.69) is 10.3 Å². The highest BCUT2D eigenvalue weighted by atomic mass is 14.9. The van der Waals surface area contributed by atoms with Gasteiger partial charge in [-0.15, -0.1) is 0 Å². The van der Waals surface area contributed by atoms with E-state index in [1.165, 1.54) is 0 Å². The van der Waals surface area contributed by atoms with Gasteiger partial charge in [0.15, 0.2) is 0 Å². The van der Waals surface area contributed by atoms with Crippen molar-refractivity contribution in [1.29, 1.82) is 0 Å². The molecule has 0 aromatic carbocycles. The molecule has 3 N–H and O–H groups in total. The lowest BCUT2D eigenvalue weighted by Gasteiger charge is -2.05. The predicted molar refractivity (Wildman–Crippen MR) is 42.3 cm³/mol. The first kappa shape index (κ1) is 6.86. The number of nitrogens with zero attached hydrogens (tertiary/aromatic N) is 1. The van der Waals surface area contributed by atoms with Gasteiger partial charge in [0.05, 0.1) is 6.34 Å². The van der Waals surface area contributed by atoms with Crippen molar-refractivity contribution in [3.05, 3.63) is 23.7 Å². The van der Waals surface area contributed by atoms with Gasteiger partial charge in [-0.1, -0.05) is 6.08 Å². The van der Waals surface area contributed by atoms with E-state index in [1.807, 2.05) is 13.0 Å². The van der Waals surface area contributed by atoms with E-state index in [-0.39, 0.29) is 0 Å². The predicted octanol–water partition coefficient (Wildman–Crippen LogP) is 0.712. The van der Waals surface area contributed by atoms with E-state index < -0.39 is 0 Å². The van der Waals surface area contributed by atoms with Crippen LogP contribution in [0.5, 0.6) is 0 Å². The molecule has 54 valence electrons. The minimum atomic E-state index is 0.774. The van der Waals surface area contributed by atoms with Crippen LogP contribution in [-0.2, 0) is 0 Å². The highest BCUT2D eigenvalue weighted by Crippen LogP contribution is 2.00. The van der Waals surface area contributed by atoms with Gasteiger partial charge in [-0.3, -0.25) is 0 Å². The largest absolute Gasteiger partial charge is 0.400 e. The van der Waals surface area contributed by atoms with Crippen LogP contribution in [0.4, 0.5) is 0 Å². The molecule has 0 bridgehead atoms. The standard InChI is InChI=1S/C7H11N3/c1-6-7(8)3-2-4-9-5-10-6/h2,4-5H,3,8H2,1H3,(H,9,10). The lowest BCUT2D eigenvalue weighted by atomic mass is 10.2. The summed E-state index contributed by atoms with van der Waals surface area (Å²) in [5.41, 5.74) is 7.49. The Hall–Kier alpha value is -1.25. The summed E-state index contributed by atoms with van der Waals surface area (Å²) in [4.78, 5) is 3.91. The number of hydrogen-bond donors (Lipinski definition) is 2. The SMILES string of the molecule is CC1=C(N)CC=CN=CN1. The molecule has 3 heteroatoms. The fourth-order valence-electron chi connectivity index (χ4n) is 0.663. The molecular weight excluding hydrogens is 126 g/mol. The molecule has 1 aliphatic heterocycles. The summed E-state index contributed by atoms with van der Waals surface area (Å²) in [6, 6.07) is 0. The average molecular weight is 137 g/mol. The molecule has 0 aromatic rings. The maximum atomic E-state index is 5.65. The Labute approximate surface area is 60.3 Å². The summed E-state index contributed by atoms with van der Waals surface area (Å²) >= 11 is 0. The summed E-state index contributed by atoms with van der Waals surface area (Å²) in [6.07, 6.45) is 6.05. The number of allylic oxidation sites excluding steroid dienone is 2. The maximum absolute atomic E-state index is 5.65. The molecule has 0 spiro atoms. The Bertz CT molecular complexity index is 179. The summed E-state index contributed by atoms with van der Waals surface area (Å²) in [5.74, 6) is 0. The van der Waals surface area contributed by atoms with Crippen molar-refractivity contribution in [3.8, 4) is 0 Å². The molecule has 0 unspecified atom stereocenters. The van der Waals surface area contributed by atoms with Crippen LogP contribution in [0.15, 0.2) is 28.7 Å². The molecule has 0 fully saturated rings. The molecule has 1 rings (SSSR count). The van der Waals surface area contributed by atoms with Crippen molar-refractivity contribution in [2.24, 2.45) is 10.7 Å². The lowest BCUT2D eigenvalue weighted by Crippen LogP contribution is -2.14. The molecule has 10 heavy (non-hydrogen) atoms. The third kappa shape index (κ3) is 1.62. The number of aliphatic imine (C=N–C) groups is 1. The second kappa shape index (κ2) is 3.06. The first-order chi connectivity index (χ1) is 4.80. The second-order valence-electron chi connectivity index (χ2n) is 2.16. The van der Waals surface area contributed by atoms with Crippen LogP contribution >= 0.6 is 0 Å². The molecule has 0 saturated heterocycles. The average Bonchev–Trinajstić information content (AvgIpc) is 1.92. The highest BCUT2D eigenvalue weighted by Gasteiger charge is 1.94. The third-order valence-electron chi connectivity index (χ3n) is 1.37. The Morgan fingerprint density at radius 2 is 2.50 bits per heavy atom.